The summed E-state index contributed by atoms with van der Waals surface area (Å²) >= 11 is 0. The van der Waals surface area contributed by atoms with Gasteiger partial charge < -0.3 is 20.3 Å². The van der Waals surface area contributed by atoms with Crippen molar-refractivity contribution < 1.29 is 33.7 Å². The molecule has 0 aliphatic carbocycles. The predicted octanol–water partition coefficient (Wildman–Crippen LogP) is 0.564. The Morgan fingerprint density at radius 3 is 2.47 bits per heavy atom. The number of aliphatic carboxylic acids is 1. The maximum absolute atomic E-state index is 13.1. The Hall–Kier alpha value is -2.48. The number of rotatable bonds is 6. The summed E-state index contributed by atoms with van der Waals surface area (Å²) in [5, 5.41) is 19.2. The van der Waals surface area contributed by atoms with Crippen LogP contribution >= 0.6 is 0 Å². The highest BCUT2D eigenvalue weighted by Gasteiger charge is 2.12. The average molecular weight is 271 g/mol. The summed E-state index contributed by atoms with van der Waals surface area (Å²) in [6.45, 7) is -1.14. The number of hydrogen-bond acceptors (Lipinski definition) is 4. The number of carboxylic acids is 2. The van der Waals surface area contributed by atoms with E-state index in [2.05, 4.69) is 10.1 Å². The number of benzene rings is 1. The maximum atomic E-state index is 13.1. The van der Waals surface area contributed by atoms with E-state index in [1.807, 2.05) is 0 Å². The standard InChI is InChI=1S/C11H10FNO6/c12-8-2-1-6(3-7(8)11(17)18)13-9(14)4-19-5-10(15)16/h1-3H,4-5H2,(H,13,14)(H,15,16)(H,17,18). The number of carboxylic acid groups (broad SMARTS) is 2. The third-order valence-electron chi connectivity index (χ3n) is 1.94. The highest BCUT2D eigenvalue weighted by Crippen LogP contribution is 2.14. The molecule has 1 aromatic carbocycles. The zero-order valence-electron chi connectivity index (χ0n) is 9.55. The van der Waals surface area contributed by atoms with Crippen LogP contribution in [0.3, 0.4) is 0 Å². The van der Waals surface area contributed by atoms with Crippen molar-refractivity contribution in [3.8, 4) is 0 Å². The maximum Gasteiger partial charge on any atom is 0.338 e. The molecule has 19 heavy (non-hydrogen) atoms. The second-order valence-electron chi connectivity index (χ2n) is 3.43. The van der Waals surface area contributed by atoms with Crippen molar-refractivity contribution in [2.75, 3.05) is 18.5 Å². The molecule has 0 atom stereocenters. The predicted molar refractivity (Wildman–Crippen MR) is 60.4 cm³/mol. The van der Waals surface area contributed by atoms with E-state index >= 15 is 0 Å². The Bertz CT molecular complexity index is 516. The van der Waals surface area contributed by atoms with Crippen LogP contribution in [0.2, 0.25) is 0 Å². The molecule has 1 amide bonds. The smallest absolute Gasteiger partial charge is 0.338 e. The first kappa shape index (κ1) is 14.6. The molecule has 0 heterocycles. The van der Waals surface area contributed by atoms with Gasteiger partial charge in [0.25, 0.3) is 0 Å². The number of carbonyl (C=O) groups is 3. The molecule has 0 saturated heterocycles. The molecular weight excluding hydrogens is 261 g/mol. The van der Waals surface area contributed by atoms with E-state index in [9.17, 15) is 18.8 Å². The van der Waals surface area contributed by atoms with E-state index in [4.69, 9.17) is 10.2 Å². The molecule has 7 nitrogen and oxygen atoms in total. The first-order chi connectivity index (χ1) is 8.90. The van der Waals surface area contributed by atoms with Crippen LogP contribution < -0.4 is 5.32 Å². The molecule has 3 N–H and O–H groups in total. The third kappa shape index (κ3) is 4.72. The molecule has 0 radical (unpaired) electrons. The molecule has 0 spiro atoms. The van der Waals surface area contributed by atoms with Gasteiger partial charge in [-0.1, -0.05) is 0 Å². The van der Waals surface area contributed by atoms with Crippen molar-refractivity contribution in [2.45, 2.75) is 0 Å². The van der Waals surface area contributed by atoms with Crippen LogP contribution in [0, 0.1) is 5.82 Å². The van der Waals surface area contributed by atoms with Gasteiger partial charge in [-0.25, -0.2) is 14.0 Å². The summed E-state index contributed by atoms with van der Waals surface area (Å²) in [4.78, 5) is 32.1. The van der Waals surface area contributed by atoms with Gasteiger partial charge in [-0.05, 0) is 18.2 Å². The van der Waals surface area contributed by atoms with Gasteiger partial charge in [0.1, 0.15) is 19.0 Å². The molecule has 0 saturated carbocycles. The monoisotopic (exact) mass is 271 g/mol. The Morgan fingerprint density at radius 2 is 1.89 bits per heavy atom. The Morgan fingerprint density at radius 1 is 1.21 bits per heavy atom. The van der Waals surface area contributed by atoms with E-state index in [0.29, 0.717) is 0 Å². The fourth-order valence-electron chi connectivity index (χ4n) is 1.20. The Balaban J connectivity index is 2.62. The summed E-state index contributed by atoms with van der Waals surface area (Å²) in [5.74, 6) is -4.28. The van der Waals surface area contributed by atoms with Crippen molar-refractivity contribution in [1.29, 1.82) is 0 Å². The molecule has 0 fully saturated rings. The number of anilines is 1. The van der Waals surface area contributed by atoms with Crippen LogP contribution in [0.4, 0.5) is 10.1 Å². The number of halogens is 1. The van der Waals surface area contributed by atoms with E-state index in [-0.39, 0.29) is 5.69 Å². The van der Waals surface area contributed by atoms with Gasteiger partial charge in [-0.15, -0.1) is 0 Å². The molecule has 1 rings (SSSR count). The highest BCUT2D eigenvalue weighted by molar-refractivity contribution is 5.94. The second kappa shape index (κ2) is 6.45. The van der Waals surface area contributed by atoms with Crippen LogP contribution in [0.1, 0.15) is 10.4 Å². The van der Waals surface area contributed by atoms with E-state index < -0.39 is 42.4 Å². The van der Waals surface area contributed by atoms with Crippen LogP contribution in [0.5, 0.6) is 0 Å². The summed E-state index contributed by atoms with van der Waals surface area (Å²) in [6, 6.07) is 3.03. The largest absolute Gasteiger partial charge is 0.480 e. The molecular formula is C11H10FNO6. The summed E-state index contributed by atoms with van der Waals surface area (Å²) in [7, 11) is 0. The van der Waals surface area contributed by atoms with E-state index in [1.165, 1.54) is 6.07 Å². The molecule has 1 aromatic rings. The molecule has 8 heteroatoms. The molecule has 0 aliphatic rings. The van der Waals surface area contributed by atoms with Gasteiger partial charge in [0.05, 0.1) is 5.56 Å². The normalized spacial score (nSPS) is 9.95. The molecule has 0 unspecified atom stereocenters. The highest BCUT2D eigenvalue weighted by atomic mass is 19.1. The van der Waals surface area contributed by atoms with E-state index in [0.717, 1.165) is 12.1 Å². The van der Waals surface area contributed by atoms with E-state index in [1.54, 1.807) is 0 Å². The van der Waals surface area contributed by atoms with Crippen LogP contribution in [-0.2, 0) is 14.3 Å². The first-order valence-corrected chi connectivity index (χ1v) is 5.02. The lowest BCUT2D eigenvalue weighted by Gasteiger charge is -2.06. The molecule has 102 valence electrons. The fourth-order valence-corrected chi connectivity index (χ4v) is 1.20. The van der Waals surface area contributed by atoms with Crippen LogP contribution in [0.15, 0.2) is 18.2 Å². The van der Waals surface area contributed by atoms with Gasteiger partial charge in [0.2, 0.25) is 5.91 Å². The minimum absolute atomic E-state index is 0.0720. The van der Waals surface area contributed by atoms with Crippen LogP contribution in [-0.4, -0.2) is 41.3 Å². The van der Waals surface area contributed by atoms with Crippen molar-refractivity contribution in [2.24, 2.45) is 0 Å². The lowest BCUT2D eigenvalue weighted by Crippen LogP contribution is -2.21. The first-order valence-electron chi connectivity index (χ1n) is 5.02. The minimum atomic E-state index is -1.46. The number of amides is 1. The third-order valence-corrected chi connectivity index (χ3v) is 1.94. The molecule has 0 aromatic heterocycles. The van der Waals surface area contributed by atoms with Gasteiger partial charge >= 0.3 is 11.9 Å². The Labute approximate surface area is 106 Å². The van der Waals surface area contributed by atoms with Gasteiger partial charge in [0, 0.05) is 5.69 Å². The Kier molecular flexibility index (Phi) is 4.95. The van der Waals surface area contributed by atoms with Crippen molar-refractivity contribution in [3.05, 3.63) is 29.6 Å². The lowest BCUT2D eigenvalue weighted by molar-refractivity contribution is -0.143. The van der Waals surface area contributed by atoms with Gasteiger partial charge in [-0.3, -0.25) is 4.79 Å². The molecule has 0 aliphatic heterocycles. The zero-order chi connectivity index (χ0) is 14.4. The molecule has 0 bridgehead atoms. The summed E-state index contributed by atoms with van der Waals surface area (Å²) in [6.07, 6.45) is 0. The second-order valence-corrected chi connectivity index (χ2v) is 3.43. The fraction of sp³-hybridized carbons (Fsp3) is 0.182. The SMILES string of the molecule is O=C(O)COCC(=O)Nc1ccc(F)c(C(=O)O)c1. The van der Waals surface area contributed by atoms with Gasteiger partial charge in [-0.2, -0.15) is 0 Å². The van der Waals surface area contributed by atoms with Gasteiger partial charge in [0.15, 0.2) is 0 Å². The minimum Gasteiger partial charge on any atom is -0.480 e. The summed E-state index contributed by atoms with van der Waals surface area (Å²) in [5.41, 5.74) is -0.507. The van der Waals surface area contributed by atoms with Crippen molar-refractivity contribution >= 4 is 23.5 Å². The topological polar surface area (TPSA) is 113 Å². The number of nitrogens with one attached hydrogen (secondary N) is 1. The van der Waals surface area contributed by atoms with Crippen molar-refractivity contribution in [3.63, 3.8) is 0 Å². The number of carbonyl (C=O) groups excluding carboxylic acids is 1. The van der Waals surface area contributed by atoms with Crippen molar-refractivity contribution in [1.82, 2.24) is 0 Å². The average Bonchev–Trinajstić information content (AvgIpc) is 2.30. The number of hydrogen-bond donors (Lipinski definition) is 3. The quantitative estimate of drug-likeness (QED) is 0.697. The number of aromatic carboxylic acids is 1. The zero-order valence-corrected chi connectivity index (χ0v) is 9.55. The number of ether oxygens (including phenoxy) is 1. The van der Waals surface area contributed by atoms with Crippen LogP contribution in [0.25, 0.3) is 0 Å². The summed E-state index contributed by atoms with van der Waals surface area (Å²) < 4.78 is 17.6. The lowest BCUT2D eigenvalue weighted by atomic mass is 10.2.